The molecule has 0 spiro atoms. The molecule has 0 aromatic heterocycles. The Labute approximate surface area is 127 Å². The summed E-state index contributed by atoms with van der Waals surface area (Å²) >= 11 is 0. The summed E-state index contributed by atoms with van der Waals surface area (Å²) in [4.78, 5) is 2.71. The van der Waals surface area contributed by atoms with Gasteiger partial charge < -0.3 is 10.2 Å². The molecule has 1 rings (SSSR count). The van der Waals surface area contributed by atoms with E-state index in [1.165, 1.54) is 71.1 Å². The van der Waals surface area contributed by atoms with E-state index in [1.807, 2.05) is 0 Å². The minimum atomic E-state index is 0.772. The predicted octanol–water partition coefficient (Wildman–Crippen LogP) is 4.30. The molecule has 1 saturated carbocycles. The van der Waals surface area contributed by atoms with Crippen LogP contribution in [-0.2, 0) is 0 Å². The lowest BCUT2D eigenvalue weighted by molar-refractivity contribution is 0.137. The molecule has 120 valence electrons. The van der Waals surface area contributed by atoms with Crippen molar-refractivity contribution in [1.29, 1.82) is 0 Å². The summed E-state index contributed by atoms with van der Waals surface area (Å²) < 4.78 is 0. The molecular formula is C18H38N2. The molecule has 0 saturated heterocycles. The van der Waals surface area contributed by atoms with Crippen LogP contribution in [0.25, 0.3) is 0 Å². The Hall–Kier alpha value is -0.0800. The van der Waals surface area contributed by atoms with Crippen molar-refractivity contribution in [1.82, 2.24) is 10.2 Å². The van der Waals surface area contributed by atoms with Gasteiger partial charge in [0.15, 0.2) is 0 Å². The smallest absolute Gasteiger partial charge is 0.0108 e. The Bertz CT molecular complexity index is 223. The van der Waals surface area contributed by atoms with Crippen molar-refractivity contribution in [2.75, 3.05) is 26.2 Å². The second-order valence-electron chi connectivity index (χ2n) is 6.71. The minimum Gasteiger partial charge on any atom is -0.314 e. The Morgan fingerprint density at radius 3 is 2.20 bits per heavy atom. The maximum atomic E-state index is 3.83. The molecule has 0 bridgehead atoms. The van der Waals surface area contributed by atoms with Gasteiger partial charge in [0.2, 0.25) is 0 Å². The van der Waals surface area contributed by atoms with Crippen molar-refractivity contribution >= 4 is 0 Å². The zero-order chi connectivity index (χ0) is 14.8. The lowest BCUT2D eigenvalue weighted by Crippen LogP contribution is -2.46. The van der Waals surface area contributed by atoms with Gasteiger partial charge in [0.25, 0.3) is 0 Å². The van der Waals surface area contributed by atoms with Gasteiger partial charge in [0.1, 0.15) is 0 Å². The van der Waals surface area contributed by atoms with E-state index in [1.54, 1.807) is 0 Å². The first-order valence-electron chi connectivity index (χ1n) is 9.20. The Morgan fingerprint density at radius 2 is 1.65 bits per heavy atom. The molecule has 0 radical (unpaired) electrons. The van der Waals surface area contributed by atoms with Crippen LogP contribution >= 0.6 is 0 Å². The van der Waals surface area contributed by atoms with E-state index in [0.717, 1.165) is 17.9 Å². The molecule has 0 heterocycles. The van der Waals surface area contributed by atoms with Crippen molar-refractivity contribution in [3.8, 4) is 0 Å². The summed E-state index contributed by atoms with van der Waals surface area (Å²) in [7, 11) is 0. The largest absolute Gasteiger partial charge is 0.314 e. The second-order valence-corrected chi connectivity index (χ2v) is 6.71. The Morgan fingerprint density at radius 1 is 0.950 bits per heavy atom. The number of hydrogen-bond donors (Lipinski definition) is 1. The number of nitrogens with zero attached hydrogens (tertiary/aromatic N) is 1. The second kappa shape index (κ2) is 10.6. The molecular weight excluding hydrogens is 244 g/mol. The van der Waals surface area contributed by atoms with Crippen LogP contribution in [0.5, 0.6) is 0 Å². The van der Waals surface area contributed by atoms with Gasteiger partial charge in [0, 0.05) is 12.6 Å². The van der Waals surface area contributed by atoms with Gasteiger partial charge in [-0.05, 0) is 70.0 Å². The van der Waals surface area contributed by atoms with Crippen molar-refractivity contribution in [3.05, 3.63) is 0 Å². The Kier molecular flexibility index (Phi) is 9.54. The first kappa shape index (κ1) is 18.0. The van der Waals surface area contributed by atoms with E-state index in [0.29, 0.717) is 0 Å². The van der Waals surface area contributed by atoms with Gasteiger partial charge in [-0.25, -0.2) is 0 Å². The van der Waals surface area contributed by atoms with Crippen LogP contribution in [0, 0.1) is 11.8 Å². The fourth-order valence-corrected chi connectivity index (χ4v) is 3.79. The van der Waals surface area contributed by atoms with Gasteiger partial charge in [-0.2, -0.15) is 0 Å². The van der Waals surface area contributed by atoms with E-state index in [2.05, 4.69) is 37.9 Å². The molecule has 0 amide bonds. The topological polar surface area (TPSA) is 15.3 Å². The molecule has 1 aliphatic carbocycles. The molecule has 1 fully saturated rings. The minimum absolute atomic E-state index is 0.772. The Balaban J connectivity index is 2.56. The van der Waals surface area contributed by atoms with Gasteiger partial charge in [-0.1, -0.05) is 34.1 Å². The summed E-state index contributed by atoms with van der Waals surface area (Å²) in [6.07, 6.45) is 9.49. The van der Waals surface area contributed by atoms with Gasteiger partial charge >= 0.3 is 0 Å². The summed E-state index contributed by atoms with van der Waals surface area (Å²) in [5.74, 6) is 1.85. The molecule has 3 atom stereocenters. The monoisotopic (exact) mass is 282 g/mol. The number of nitrogens with one attached hydrogen (secondary N) is 1. The van der Waals surface area contributed by atoms with Crippen molar-refractivity contribution in [3.63, 3.8) is 0 Å². The normalized spacial score (nSPS) is 27.1. The number of rotatable bonds is 10. The first-order chi connectivity index (χ1) is 9.74. The molecule has 0 aliphatic heterocycles. The average Bonchev–Trinajstić information content (AvgIpc) is 2.46. The zero-order valence-electron chi connectivity index (χ0n) is 14.5. The third-order valence-corrected chi connectivity index (χ3v) is 4.90. The molecule has 2 heteroatoms. The quantitative estimate of drug-likeness (QED) is 0.642. The molecule has 0 aromatic carbocycles. The van der Waals surface area contributed by atoms with E-state index < -0.39 is 0 Å². The van der Waals surface area contributed by atoms with Gasteiger partial charge in [-0.15, -0.1) is 0 Å². The van der Waals surface area contributed by atoms with Gasteiger partial charge in [0.05, 0.1) is 0 Å². The zero-order valence-corrected chi connectivity index (χ0v) is 14.5. The fraction of sp³-hybridized carbons (Fsp3) is 1.00. The maximum Gasteiger partial charge on any atom is 0.0108 e. The number of hydrogen-bond acceptors (Lipinski definition) is 2. The van der Waals surface area contributed by atoms with Crippen molar-refractivity contribution in [2.24, 2.45) is 11.8 Å². The van der Waals surface area contributed by atoms with Crippen LogP contribution in [0.3, 0.4) is 0 Å². The lowest BCUT2D eigenvalue weighted by Gasteiger charge is -2.39. The van der Waals surface area contributed by atoms with E-state index in [9.17, 15) is 0 Å². The highest BCUT2D eigenvalue weighted by Gasteiger charge is 2.30. The third kappa shape index (κ3) is 6.13. The van der Waals surface area contributed by atoms with E-state index in [4.69, 9.17) is 0 Å². The third-order valence-electron chi connectivity index (χ3n) is 4.90. The van der Waals surface area contributed by atoms with Crippen LogP contribution < -0.4 is 5.32 Å². The highest BCUT2D eigenvalue weighted by Crippen LogP contribution is 2.32. The highest BCUT2D eigenvalue weighted by molar-refractivity contribution is 4.86. The molecule has 20 heavy (non-hydrogen) atoms. The molecule has 0 aromatic rings. The van der Waals surface area contributed by atoms with Crippen LogP contribution in [0.15, 0.2) is 0 Å². The summed E-state index contributed by atoms with van der Waals surface area (Å²) in [5.41, 5.74) is 0. The summed E-state index contributed by atoms with van der Waals surface area (Å²) in [6, 6.07) is 0.772. The van der Waals surface area contributed by atoms with Crippen LogP contribution in [0.4, 0.5) is 0 Å². The van der Waals surface area contributed by atoms with E-state index >= 15 is 0 Å². The predicted molar refractivity (Wildman–Crippen MR) is 90.2 cm³/mol. The molecule has 3 unspecified atom stereocenters. The van der Waals surface area contributed by atoms with Crippen molar-refractivity contribution < 1.29 is 0 Å². The fourth-order valence-electron chi connectivity index (χ4n) is 3.79. The first-order valence-corrected chi connectivity index (χ1v) is 9.20. The summed E-state index contributed by atoms with van der Waals surface area (Å²) in [5, 5.41) is 3.83. The van der Waals surface area contributed by atoms with E-state index in [-0.39, 0.29) is 0 Å². The van der Waals surface area contributed by atoms with Crippen LogP contribution in [0.2, 0.25) is 0 Å². The average molecular weight is 283 g/mol. The summed E-state index contributed by atoms with van der Waals surface area (Å²) in [6.45, 7) is 14.3. The maximum absolute atomic E-state index is 3.83. The highest BCUT2D eigenvalue weighted by atomic mass is 15.1. The van der Waals surface area contributed by atoms with Crippen molar-refractivity contribution in [2.45, 2.75) is 78.7 Å². The van der Waals surface area contributed by atoms with Crippen LogP contribution in [-0.4, -0.2) is 37.1 Å². The molecule has 1 N–H and O–H groups in total. The van der Waals surface area contributed by atoms with Gasteiger partial charge in [-0.3, -0.25) is 0 Å². The lowest BCUT2D eigenvalue weighted by atomic mass is 9.76. The molecule has 1 aliphatic rings. The van der Waals surface area contributed by atoms with Crippen LogP contribution in [0.1, 0.15) is 72.6 Å². The molecule has 2 nitrogen and oxygen atoms in total. The standard InChI is InChI=1S/C18H38N2/c1-5-11-19-18-10-9-16(8-4)14-17(18)15-20(12-6-2)13-7-3/h16-19H,5-15H2,1-4H3. The SMILES string of the molecule is CCCNC1CCC(CC)CC1CN(CCC)CCC.